The number of nitro benzene ring substituents is 1. The van der Waals surface area contributed by atoms with Gasteiger partial charge in [-0.25, -0.2) is 12.8 Å². The van der Waals surface area contributed by atoms with Gasteiger partial charge in [-0.05, 0) is 54.6 Å². The highest BCUT2D eigenvalue weighted by Gasteiger charge is 2.21. The summed E-state index contributed by atoms with van der Waals surface area (Å²) in [4.78, 5) is 10.5. The minimum Gasteiger partial charge on any atom is -0.450 e. The average molecular weight is 402 g/mol. The van der Waals surface area contributed by atoms with Gasteiger partial charge in [-0.15, -0.1) is 0 Å². The van der Waals surface area contributed by atoms with E-state index in [4.69, 9.17) is 4.74 Å². The number of hydrogen-bond donors (Lipinski definition) is 0. The number of rotatable bonds is 6. The largest absolute Gasteiger partial charge is 0.450 e. The number of benzene rings is 3. The second kappa shape index (κ2) is 7.65. The van der Waals surface area contributed by atoms with Crippen molar-refractivity contribution >= 4 is 21.4 Å². The minimum absolute atomic E-state index is 0.0448. The Kier molecular flexibility index (Phi) is 5.27. The number of sulfonamides is 1. The van der Waals surface area contributed by atoms with Crippen LogP contribution in [0.2, 0.25) is 0 Å². The number of ether oxygens (including phenoxy) is 1. The zero-order chi connectivity index (χ0) is 20.3. The summed E-state index contributed by atoms with van der Waals surface area (Å²) in [7, 11) is -2.49. The van der Waals surface area contributed by atoms with Crippen LogP contribution in [-0.4, -0.2) is 20.4 Å². The number of halogens is 1. The predicted molar refractivity (Wildman–Crippen MR) is 102 cm³/mol. The van der Waals surface area contributed by atoms with E-state index in [0.717, 1.165) is 16.4 Å². The van der Waals surface area contributed by atoms with Gasteiger partial charge in [0, 0.05) is 13.1 Å². The molecule has 0 heterocycles. The maximum absolute atomic E-state index is 13.0. The molecule has 0 amide bonds. The van der Waals surface area contributed by atoms with Crippen molar-refractivity contribution in [2.75, 3.05) is 11.4 Å². The standard InChI is InChI=1S/C19H15FN2O5S/c1-21(28(25,26)17-12-6-14(20)7-13-17)15-8-10-16(11-9-15)27-19-5-3-2-4-18(19)22(23)24/h2-13H,1H3. The summed E-state index contributed by atoms with van der Waals surface area (Å²) in [5.74, 6) is -0.142. The summed E-state index contributed by atoms with van der Waals surface area (Å²) in [6.07, 6.45) is 0. The van der Waals surface area contributed by atoms with Crippen molar-refractivity contribution < 1.29 is 22.5 Å². The van der Waals surface area contributed by atoms with Gasteiger partial charge in [-0.1, -0.05) is 12.1 Å². The van der Waals surface area contributed by atoms with Crippen molar-refractivity contribution in [3.63, 3.8) is 0 Å². The molecule has 144 valence electrons. The van der Waals surface area contributed by atoms with E-state index in [1.165, 1.54) is 61.6 Å². The fraction of sp³-hybridized carbons (Fsp3) is 0.0526. The van der Waals surface area contributed by atoms with Gasteiger partial charge in [-0.3, -0.25) is 14.4 Å². The number of hydrogen-bond acceptors (Lipinski definition) is 5. The number of nitrogens with zero attached hydrogens (tertiary/aromatic N) is 2. The molecule has 9 heteroatoms. The Morgan fingerprint density at radius 2 is 1.57 bits per heavy atom. The molecule has 0 aromatic heterocycles. The molecule has 0 fully saturated rings. The van der Waals surface area contributed by atoms with E-state index in [1.807, 2.05) is 0 Å². The summed E-state index contributed by atoms with van der Waals surface area (Å²) in [5, 5.41) is 11.1. The fourth-order valence-electron chi connectivity index (χ4n) is 2.45. The summed E-state index contributed by atoms with van der Waals surface area (Å²) in [5.41, 5.74) is 0.168. The van der Waals surface area contributed by atoms with E-state index < -0.39 is 20.8 Å². The summed E-state index contributed by atoms with van der Waals surface area (Å²) in [6.45, 7) is 0. The third kappa shape index (κ3) is 3.94. The first-order valence-corrected chi connectivity index (χ1v) is 9.49. The van der Waals surface area contributed by atoms with Gasteiger partial charge in [-0.2, -0.15) is 0 Å². The van der Waals surface area contributed by atoms with E-state index in [9.17, 15) is 22.9 Å². The van der Waals surface area contributed by atoms with Crippen LogP contribution in [0.3, 0.4) is 0 Å². The highest BCUT2D eigenvalue weighted by molar-refractivity contribution is 7.92. The van der Waals surface area contributed by atoms with Gasteiger partial charge in [0.05, 0.1) is 15.5 Å². The van der Waals surface area contributed by atoms with Gasteiger partial charge < -0.3 is 4.74 Å². The molecule has 3 rings (SSSR count). The van der Waals surface area contributed by atoms with Crippen LogP contribution in [0.15, 0.2) is 77.7 Å². The molecule has 0 bridgehead atoms. The molecule has 0 N–H and O–H groups in total. The van der Waals surface area contributed by atoms with Crippen LogP contribution in [0.1, 0.15) is 0 Å². The third-order valence-electron chi connectivity index (χ3n) is 3.96. The molecule has 0 radical (unpaired) electrons. The Hall–Kier alpha value is -3.46. The molecule has 0 atom stereocenters. The molecule has 0 saturated carbocycles. The first kappa shape index (κ1) is 19.3. The Bertz CT molecular complexity index is 1100. The van der Waals surface area contributed by atoms with Gasteiger partial charge >= 0.3 is 5.69 Å². The van der Waals surface area contributed by atoms with Gasteiger partial charge in [0.2, 0.25) is 5.75 Å². The van der Waals surface area contributed by atoms with Crippen LogP contribution in [0.4, 0.5) is 15.8 Å². The van der Waals surface area contributed by atoms with E-state index >= 15 is 0 Å². The highest BCUT2D eigenvalue weighted by atomic mass is 32.2. The molecule has 28 heavy (non-hydrogen) atoms. The average Bonchev–Trinajstić information content (AvgIpc) is 2.68. The molecule has 0 unspecified atom stereocenters. The van der Waals surface area contributed by atoms with Crippen LogP contribution in [0.5, 0.6) is 11.5 Å². The number of anilines is 1. The fourth-order valence-corrected chi connectivity index (χ4v) is 3.64. The Morgan fingerprint density at radius 3 is 2.18 bits per heavy atom. The topological polar surface area (TPSA) is 89.8 Å². The maximum atomic E-state index is 13.0. The second-order valence-corrected chi connectivity index (χ2v) is 7.72. The molecular formula is C19H15FN2O5S. The smallest absolute Gasteiger partial charge is 0.311 e. The first-order chi connectivity index (χ1) is 13.3. The van der Waals surface area contributed by atoms with Crippen LogP contribution in [0.25, 0.3) is 0 Å². The molecule has 0 aliphatic heterocycles. The quantitative estimate of drug-likeness (QED) is 0.452. The number of nitro groups is 1. The molecular weight excluding hydrogens is 387 g/mol. The Labute approximate surface area is 160 Å². The summed E-state index contributed by atoms with van der Waals surface area (Å²) >= 11 is 0. The molecule has 0 aliphatic rings. The van der Waals surface area contributed by atoms with Crippen LogP contribution in [0, 0.1) is 15.9 Å². The van der Waals surface area contributed by atoms with Gasteiger partial charge in [0.15, 0.2) is 0 Å². The Balaban J connectivity index is 1.83. The lowest BCUT2D eigenvalue weighted by Crippen LogP contribution is -2.26. The van der Waals surface area contributed by atoms with Crippen molar-refractivity contribution in [1.82, 2.24) is 0 Å². The van der Waals surface area contributed by atoms with Crippen molar-refractivity contribution in [1.29, 1.82) is 0 Å². The molecule has 3 aromatic carbocycles. The zero-order valence-electron chi connectivity index (χ0n) is 14.7. The molecule has 0 saturated heterocycles. The minimum atomic E-state index is -3.86. The normalized spacial score (nSPS) is 11.1. The van der Waals surface area contributed by atoms with E-state index in [1.54, 1.807) is 6.07 Å². The summed E-state index contributed by atoms with van der Waals surface area (Å²) in [6, 6.07) is 16.5. The predicted octanol–water partition coefficient (Wildman–Crippen LogP) is 4.35. The second-order valence-electron chi connectivity index (χ2n) is 5.75. The molecule has 3 aromatic rings. The lowest BCUT2D eigenvalue weighted by molar-refractivity contribution is -0.385. The molecule has 0 aliphatic carbocycles. The third-order valence-corrected chi connectivity index (χ3v) is 5.76. The lowest BCUT2D eigenvalue weighted by atomic mass is 10.3. The van der Waals surface area contributed by atoms with Crippen molar-refractivity contribution in [3.05, 3.63) is 88.7 Å². The van der Waals surface area contributed by atoms with Crippen molar-refractivity contribution in [2.24, 2.45) is 0 Å². The lowest BCUT2D eigenvalue weighted by Gasteiger charge is -2.19. The van der Waals surface area contributed by atoms with E-state index in [-0.39, 0.29) is 16.3 Å². The van der Waals surface area contributed by atoms with Gasteiger partial charge in [0.1, 0.15) is 11.6 Å². The molecule has 0 spiro atoms. The van der Waals surface area contributed by atoms with Crippen LogP contribution >= 0.6 is 0 Å². The van der Waals surface area contributed by atoms with Crippen molar-refractivity contribution in [2.45, 2.75) is 4.90 Å². The van der Waals surface area contributed by atoms with E-state index in [2.05, 4.69) is 0 Å². The summed E-state index contributed by atoms with van der Waals surface area (Å²) < 4.78 is 44.9. The zero-order valence-corrected chi connectivity index (χ0v) is 15.5. The van der Waals surface area contributed by atoms with Crippen LogP contribution < -0.4 is 9.04 Å². The maximum Gasteiger partial charge on any atom is 0.311 e. The number of para-hydroxylation sites is 2. The van der Waals surface area contributed by atoms with Crippen molar-refractivity contribution in [3.8, 4) is 11.5 Å². The first-order valence-electron chi connectivity index (χ1n) is 8.05. The molecule has 7 nitrogen and oxygen atoms in total. The Morgan fingerprint density at radius 1 is 0.964 bits per heavy atom. The van der Waals surface area contributed by atoms with E-state index in [0.29, 0.717) is 11.4 Å². The van der Waals surface area contributed by atoms with Gasteiger partial charge in [0.25, 0.3) is 10.0 Å². The SMILES string of the molecule is CN(c1ccc(Oc2ccccc2[N+](=O)[O-])cc1)S(=O)(=O)c1ccc(F)cc1. The highest BCUT2D eigenvalue weighted by Crippen LogP contribution is 2.32. The van der Waals surface area contributed by atoms with Crippen LogP contribution in [-0.2, 0) is 10.0 Å². The monoisotopic (exact) mass is 402 g/mol.